The minimum Gasteiger partial charge on any atom is -0.497 e. The fourth-order valence-corrected chi connectivity index (χ4v) is 3.52. The maximum absolute atomic E-state index is 12.6. The van der Waals surface area contributed by atoms with Gasteiger partial charge in [-0.1, -0.05) is 0 Å². The number of methoxy groups -OCH3 is 2. The highest BCUT2D eigenvalue weighted by Gasteiger charge is 2.21. The van der Waals surface area contributed by atoms with Crippen LogP contribution < -0.4 is 19.8 Å². The molecule has 0 fully saturated rings. The second-order valence-electron chi connectivity index (χ2n) is 5.28. The van der Waals surface area contributed by atoms with Crippen LogP contribution in [0.15, 0.2) is 34.0 Å². The second kappa shape index (κ2) is 7.06. The second-order valence-corrected chi connectivity index (χ2v) is 7.02. The van der Waals surface area contributed by atoms with E-state index in [-0.39, 0.29) is 22.7 Å². The Labute approximate surface area is 140 Å². The summed E-state index contributed by atoms with van der Waals surface area (Å²) in [5.41, 5.74) is 1.49. The molecule has 1 aromatic carbocycles. The Balaban J connectivity index is 2.35. The summed E-state index contributed by atoms with van der Waals surface area (Å²) in [7, 11) is -1.06. The zero-order valence-electron chi connectivity index (χ0n) is 14.0. The van der Waals surface area contributed by atoms with Crippen molar-refractivity contribution in [1.29, 1.82) is 0 Å². The molecule has 0 aliphatic rings. The summed E-state index contributed by atoms with van der Waals surface area (Å²) in [4.78, 5) is 14.6. The summed E-state index contributed by atoms with van der Waals surface area (Å²) < 4.78 is 37.8. The third-order valence-corrected chi connectivity index (χ3v) is 5.02. The first-order chi connectivity index (χ1) is 11.3. The highest BCUT2D eigenvalue weighted by Crippen LogP contribution is 2.28. The van der Waals surface area contributed by atoms with Crippen molar-refractivity contribution in [1.82, 2.24) is 9.71 Å². The average Bonchev–Trinajstić information content (AvgIpc) is 2.53. The lowest BCUT2D eigenvalue weighted by Gasteiger charge is -2.13. The van der Waals surface area contributed by atoms with Crippen molar-refractivity contribution in [3.8, 4) is 11.5 Å². The summed E-state index contributed by atoms with van der Waals surface area (Å²) in [5.74, 6) is 0.582. The molecule has 0 radical (unpaired) electrons. The molecule has 0 unspecified atom stereocenters. The molecule has 0 aliphatic carbocycles. The third-order valence-electron chi connectivity index (χ3n) is 3.59. The summed E-state index contributed by atoms with van der Waals surface area (Å²) >= 11 is 0. The van der Waals surface area contributed by atoms with E-state index < -0.39 is 10.0 Å². The summed E-state index contributed by atoms with van der Waals surface area (Å²) in [6, 6.07) is 6.27. The minimum absolute atomic E-state index is 0.0504. The minimum atomic E-state index is -3.89. The number of hydrogen-bond donors (Lipinski definition) is 2. The van der Waals surface area contributed by atoms with E-state index in [1.54, 1.807) is 26.0 Å². The van der Waals surface area contributed by atoms with Crippen LogP contribution in [-0.4, -0.2) is 27.6 Å². The smallest absolute Gasteiger partial charge is 0.252 e. The van der Waals surface area contributed by atoms with Gasteiger partial charge in [-0.25, -0.2) is 13.1 Å². The molecule has 24 heavy (non-hydrogen) atoms. The molecule has 1 aromatic heterocycles. The largest absolute Gasteiger partial charge is 0.497 e. The molecule has 0 atom stereocenters. The first-order valence-corrected chi connectivity index (χ1v) is 8.68. The summed E-state index contributed by atoms with van der Waals surface area (Å²) in [6.07, 6.45) is 0. The van der Waals surface area contributed by atoms with E-state index in [1.807, 2.05) is 0 Å². The van der Waals surface area contributed by atoms with Crippen molar-refractivity contribution in [3.63, 3.8) is 0 Å². The van der Waals surface area contributed by atoms with E-state index in [9.17, 15) is 13.2 Å². The molecule has 8 heteroatoms. The van der Waals surface area contributed by atoms with Gasteiger partial charge in [-0.3, -0.25) is 4.79 Å². The number of rotatable bonds is 6. The number of sulfonamides is 1. The normalized spacial score (nSPS) is 11.3. The van der Waals surface area contributed by atoms with Crippen molar-refractivity contribution in [2.75, 3.05) is 14.2 Å². The van der Waals surface area contributed by atoms with E-state index in [0.29, 0.717) is 11.3 Å². The van der Waals surface area contributed by atoms with E-state index in [4.69, 9.17) is 9.47 Å². The first-order valence-electron chi connectivity index (χ1n) is 7.19. The molecule has 0 spiro atoms. The zero-order valence-corrected chi connectivity index (χ0v) is 14.8. The fourth-order valence-electron chi connectivity index (χ4n) is 2.34. The lowest BCUT2D eigenvalue weighted by Crippen LogP contribution is -2.28. The maximum Gasteiger partial charge on any atom is 0.252 e. The summed E-state index contributed by atoms with van der Waals surface area (Å²) in [6.45, 7) is 3.41. The lowest BCUT2D eigenvalue weighted by molar-refractivity contribution is 0.392. The van der Waals surface area contributed by atoms with Crippen molar-refractivity contribution in [2.45, 2.75) is 25.3 Å². The Morgan fingerprint density at radius 2 is 1.83 bits per heavy atom. The zero-order chi connectivity index (χ0) is 17.9. The van der Waals surface area contributed by atoms with Gasteiger partial charge in [-0.2, -0.15) is 0 Å². The number of aryl methyl sites for hydroxylation is 2. The van der Waals surface area contributed by atoms with E-state index in [1.165, 1.54) is 26.4 Å². The molecule has 0 bridgehead atoms. The molecule has 2 aromatic rings. The van der Waals surface area contributed by atoms with E-state index >= 15 is 0 Å². The van der Waals surface area contributed by atoms with Crippen LogP contribution in [0.25, 0.3) is 0 Å². The van der Waals surface area contributed by atoms with Crippen molar-refractivity contribution in [2.24, 2.45) is 0 Å². The topological polar surface area (TPSA) is 97.5 Å². The lowest BCUT2D eigenvalue weighted by atomic mass is 10.1. The monoisotopic (exact) mass is 352 g/mol. The Morgan fingerprint density at radius 3 is 2.42 bits per heavy atom. The predicted octanol–water partition coefficient (Wildman–Crippen LogP) is 1.49. The number of pyridine rings is 1. The van der Waals surface area contributed by atoms with Crippen LogP contribution in [0.2, 0.25) is 0 Å². The average molecular weight is 352 g/mol. The van der Waals surface area contributed by atoms with Gasteiger partial charge in [0.15, 0.2) is 0 Å². The van der Waals surface area contributed by atoms with Crippen LogP contribution >= 0.6 is 0 Å². The number of ether oxygens (including phenoxy) is 2. The van der Waals surface area contributed by atoms with Crippen molar-refractivity contribution < 1.29 is 17.9 Å². The van der Waals surface area contributed by atoms with Gasteiger partial charge in [0.05, 0.1) is 14.2 Å². The molecular weight excluding hydrogens is 332 g/mol. The molecule has 2 N–H and O–H groups in total. The van der Waals surface area contributed by atoms with Gasteiger partial charge in [0.2, 0.25) is 10.0 Å². The molecule has 2 rings (SSSR count). The number of H-pyrrole nitrogens is 1. The molecule has 0 aliphatic heterocycles. The fraction of sp³-hybridized carbons (Fsp3) is 0.312. The van der Waals surface area contributed by atoms with Gasteiger partial charge in [-0.05, 0) is 37.6 Å². The van der Waals surface area contributed by atoms with Gasteiger partial charge < -0.3 is 14.5 Å². The highest BCUT2D eigenvalue weighted by atomic mass is 32.2. The standard InChI is InChI=1S/C16H20N2O5S/c1-10-7-11(2)18-16(19)13(10)9-17-24(20,21)15-8-12(22-3)5-6-14(15)23-4/h5-8,17H,9H2,1-4H3,(H,18,19). The molecule has 0 saturated carbocycles. The molecule has 7 nitrogen and oxygen atoms in total. The summed E-state index contributed by atoms with van der Waals surface area (Å²) in [5, 5.41) is 0. The van der Waals surface area contributed by atoms with Gasteiger partial charge in [-0.15, -0.1) is 0 Å². The van der Waals surface area contributed by atoms with E-state index in [2.05, 4.69) is 9.71 Å². The Bertz CT molecular complexity index is 903. The SMILES string of the molecule is COc1ccc(OC)c(S(=O)(=O)NCc2c(C)cc(C)[nH]c2=O)c1. The van der Waals surface area contributed by atoms with Crippen LogP contribution in [0.5, 0.6) is 11.5 Å². The van der Waals surface area contributed by atoms with Gasteiger partial charge in [0.1, 0.15) is 16.4 Å². The highest BCUT2D eigenvalue weighted by molar-refractivity contribution is 7.89. The van der Waals surface area contributed by atoms with Crippen LogP contribution in [-0.2, 0) is 16.6 Å². The molecule has 0 saturated heterocycles. The Morgan fingerprint density at radius 1 is 1.12 bits per heavy atom. The number of aromatic nitrogens is 1. The third kappa shape index (κ3) is 3.77. The maximum atomic E-state index is 12.6. The molecule has 0 amide bonds. The van der Waals surface area contributed by atoms with Crippen LogP contribution in [0.1, 0.15) is 16.8 Å². The first kappa shape index (κ1) is 18.0. The Kier molecular flexibility index (Phi) is 5.30. The van der Waals surface area contributed by atoms with Gasteiger partial charge in [0.25, 0.3) is 5.56 Å². The Hall–Kier alpha value is -2.32. The number of benzene rings is 1. The van der Waals surface area contributed by atoms with Crippen LogP contribution in [0.3, 0.4) is 0 Å². The number of nitrogens with one attached hydrogen (secondary N) is 2. The van der Waals surface area contributed by atoms with E-state index in [0.717, 1.165) is 11.3 Å². The van der Waals surface area contributed by atoms with Crippen molar-refractivity contribution >= 4 is 10.0 Å². The van der Waals surface area contributed by atoms with Gasteiger partial charge >= 0.3 is 0 Å². The molecule has 1 heterocycles. The molecule has 130 valence electrons. The molecular formula is C16H20N2O5S. The van der Waals surface area contributed by atoms with Crippen LogP contribution in [0, 0.1) is 13.8 Å². The van der Waals surface area contributed by atoms with Crippen molar-refractivity contribution in [3.05, 3.63) is 51.4 Å². The quantitative estimate of drug-likeness (QED) is 0.821. The van der Waals surface area contributed by atoms with Gasteiger partial charge in [0, 0.05) is 23.9 Å². The predicted molar refractivity (Wildman–Crippen MR) is 90.1 cm³/mol. The van der Waals surface area contributed by atoms with Crippen LogP contribution in [0.4, 0.5) is 0 Å². The number of aromatic amines is 1. The number of hydrogen-bond acceptors (Lipinski definition) is 5.